The molecule has 0 aliphatic heterocycles. The lowest BCUT2D eigenvalue weighted by Crippen LogP contribution is -2.27. The minimum atomic E-state index is -0.417. The highest BCUT2D eigenvalue weighted by Crippen LogP contribution is 2.17. The second-order valence-corrected chi connectivity index (χ2v) is 6.43. The molecule has 0 radical (unpaired) electrons. The van der Waals surface area contributed by atoms with Gasteiger partial charge in [0.05, 0.1) is 0 Å². The lowest BCUT2D eigenvalue weighted by atomic mass is 10.2. The van der Waals surface area contributed by atoms with Crippen LogP contribution in [0.5, 0.6) is 5.75 Å². The van der Waals surface area contributed by atoms with E-state index in [0.29, 0.717) is 18.0 Å². The SMILES string of the molecule is O=C(CC(=O)Nc1ccc(OCc2ccccc2)cc1)NCc1ccc(F)cc1. The molecule has 3 aromatic carbocycles. The van der Waals surface area contributed by atoms with Crippen molar-refractivity contribution in [3.63, 3.8) is 0 Å². The molecule has 3 rings (SSSR count). The van der Waals surface area contributed by atoms with Gasteiger partial charge >= 0.3 is 0 Å². The van der Waals surface area contributed by atoms with Crippen LogP contribution in [0.1, 0.15) is 17.5 Å². The van der Waals surface area contributed by atoms with Gasteiger partial charge in [0, 0.05) is 12.2 Å². The molecule has 0 saturated carbocycles. The maximum Gasteiger partial charge on any atom is 0.233 e. The van der Waals surface area contributed by atoms with Crippen molar-refractivity contribution >= 4 is 17.5 Å². The Morgan fingerprint density at radius 1 is 0.793 bits per heavy atom. The van der Waals surface area contributed by atoms with E-state index in [9.17, 15) is 14.0 Å². The van der Waals surface area contributed by atoms with E-state index in [1.54, 1.807) is 36.4 Å². The summed E-state index contributed by atoms with van der Waals surface area (Å²) in [5.74, 6) is -0.478. The number of halogens is 1. The standard InChI is InChI=1S/C23H21FN2O3/c24-19-8-6-17(7-9-19)15-25-22(27)14-23(28)26-20-10-12-21(13-11-20)29-16-18-4-2-1-3-5-18/h1-13H,14-16H2,(H,25,27)(H,26,28). The third-order valence-electron chi connectivity index (χ3n) is 4.11. The van der Waals surface area contributed by atoms with Crippen molar-refractivity contribution in [1.29, 1.82) is 0 Å². The first kappa shape index (κ1) is 20.1. The average Bonchev–Trinajstić information content (AvgIpc) is 2.73. The van der Waals surface area contributed by atoms with Crippen LogP contribution in [0.4, 0.5) is 10.1 Å². The van der Waals surface area contributed by atoms with E-state index in [1.165, 1.54) is 12.1 Å². The molecule has 0 bridgehead atoms. The Labute approximate surface area is 168 Å². The van der Waals surface area contributed by atoms with Crippen LogP contribution >= 0.6 is 0 Å². The van der Waals surface area contributed by atoms with Crippen molar-refractivity contribution < 1.29 is 18.7 Å². The number of hydrogen-bond donors (Lipinski definition) is 2. The maximum absolute atomic E-state index is 12.9. The molecule has 0 aliphatic rings. The van der Waals surface area contributed by atoms with E-state index in [-0.39, 0.29) is 18.8 Å². The van der Waals surface area contributed by atoms with E-state index >= 15 is 0 Å². The molecule has 0 aliphatic carbocycles. The number of rotatable bonds is 8. The fraction of sp³-hybridized carbons (Fsp3) is 0.130. The Balaban J connectivity index is 1.41. The fourth-order valence-corrected chi connectivity index (χ4v) is 2.59. The Hall–Kier alpha value is -3.67. The Morgan fingerprint density at radius 3 is 2.17 bits per heavy atom. The van der Waals surface area contributed by atoms with E-state index in [0.717, 1.165) is 11.1 Å². The molecule has 148 valence electrons. The highest BCUT2D eigenvalue weighted by atomic mass is 19.1. The summed E-state index contributed by atoms with van der Waals surface area (Å²) in [5.41, 5.74) is 2.40. The Kier molecular flexibility index (Phi) is 6.95. The number of ether oxygens (including phenoxy) is 1. The van der Waals surface area contributed by atoms with E-state index < -0.39 is 11.8 Å². The van der Waals surface area contributed by atoms with Crippen LogP contribution in [-0.2, 0) is 22.7 Å². The van der Waals surface area contributed by atoms with Crippen molar-refractivity contribution in [2.45, 2.75) is 19.6 Å². The zero-order valence-electron chi connectivity index (χ0n) is 15.7. The van der Waals surface area contributed by atoms with E-state index in [4.69, 9.17) is 4.74 Å². The van der Waals surface area contributed by atoms with Gasteiger partial charge in [-0.3, -0.25) is 9.59 Å². The molecule has 3 aromatic rings. The molecule has 0 heterocycles. The van der Waals surface area contributed by atoms with Crippen LogP contribution in [0.3, 0.4) is 0 Å². The van der Waals surface area contributed by atoms with Gasteiger partial charge in [-0.25, -0.2) is 4.39 Å². The normalized spacial score (nSPS) is 10.2. The van der Waals surface area contributed by atoms with Gasteiger partial charge in [-0.1, -0.05) is 42.5 Å². The van der Waals surface area contributed by atoms with Gasteiger partial charge in [0.25, 0.3) is 0 Å². The smallest absolute Gasteiger partial charge is 0.233 e. The first-order valence-electron chi connectivity index (χ1n) is 9.16. The van der Waals surface area contributed by atoms with Crippen molar-refractivity contribution in [3.05, 3.63) is 95.8 Å². The van der Waals surface area contributed by atoms with Crippen molar-refractivity contribution in [1.82, 2.24) is 5.32 Å². The third kappa shape index (κ3) is 6.77. The molecule has 5 nitrogen and oxygen atoms in total. The van der Waals surface area contributed by atoms with Gasteiger partial charge in [-0.2, -0.15) is 0 Å². The number of anilines is 1. The molecule has 2 amide bonds. The predicted molar refractivity (Wildman–Crippen MR) is 109 cm³/mol. The quantitative estimate of drug-likeness (QED) is 0.569. The number of carbonyl (C=O) groups is 2. The Morgan fingerprint density at radius 2 is 1.48 bits per heavy atom. The monoisotopic (exact) mass is 392 g/mol. The summed E-state index contributed by atoms with van der Waals surface area (Å²) in [4.78, 5) is 23.9. The van der Waals surface area contributed by atoms with Crippen molar-refractivity contribution in [2.75, 3.05) is 5.32 Å². The minimum Gasteiger partial charge on any atom is -0.489 e. The van der Waals surface area contributed by atoms with Crippen molar-refractivity contribution in [3.8, 4) is 5.75 Å². The summed E-state index contributed by atoms with van der Waals surface area (Å²) in [6, 6.07) is 22.6. The summed E-state index contributed by atoms with van der Waals surface area (Å²) in [5, 5.41) is 5.31. The van der Waals surface area contributed by atoms with Gasteiger partial charge in [0.15, 0.2) is 0 Å². The van der Waals surface area contributed by atoms with E-state index in [2.05, 4.69) is 10.6 Å². The van der Waals surface area contributed by atoms with E-state index in [1.807, 2.05) is 30.3 Å². The van der Waals surface area contributed by atoms with Crippen LogP contribution in [0.2, 0.25) is 0 Å². The lowest BCUT2D eigenvalue weighted by molar-refractivity contribution is -0.126. The largest absolute Gasteiger partial charge is 0.489 e. The second kappa shape index (κ2) is 10.0. The highest BCUT2D eigenvalue weighted by Gasteiger charge is 2.10. The lowest BCUT2D eigenvalue weighted by Gasteiger charge is -2.09. The number of hydrogen-bond acceptors (Lipinski definition) is 3. The summed E-state index contributed by atoms with van der Waals surface area (Å²) < 4.78 is 18.6. The van der Waals surface area contributed by atoms with Crippen LogP contribution in [0, 0.1) is 5.82 Å². The molecule has 0 spiro atoms. The zero-order valence-corrected chi connectivity index (χ0v) is 15.7. The molecule has 0 saturated heterocycles. The zero-order chi connectivity index (χ0) is 20.5. The summed E-state index contributed by atoms with van der Waals surface area (Å²) in [6.45, 7) is 0.695. The molecule has 0 atom stereocenters. The first-order chi connectivity index (χ1) is 14.1. The molecule has 0 fully saturated rings. The van der Waals surface area contributed by atoms with Gasteiger partial charge in [-0.05, 0) is 47.5 Å². The van der Waals surface area contributed by atoms with Gasteiger partial charge in [0.1, 0.15) is 24.6 Å². The second-order valence-electron chi connectivity index (χ2n) is 6.43. The van der Waals surface area contributed by atoms with Crippen LogP contribution in [0.15, 0.2) is 78.9 Å². The number of benzene rings is 3. The molecule has 29 heavy (non-hydrogen) atoms. The topological polar surface area (TPSA) is 67.4 Å². The maximum atomic E-state index is 12.9. The fourth-order valence-electron chi connectivity index (χ4n) is 2.59. The summed E-state index contributed by atoms with van der Waals surface area (Å²) >= 11 is 0. The molecular weight excluding hydrogens is 371 g/mol. The summed E-state index contributed by atoms with van der Waals surface area (Å²) in [6.07, 6.45) is -0.298. The van der Waals surface area contributed by atoms with Crippen LogP contribution in [-0.4, -0.2) is 11.8 Å². The minimum absolute atomic E-state index is 0.236. The number of amides is 2. The van der Waals surface area contributed by atoms with Crippen LogP contribution < -0.4 is 15.4 Å². The Bertz CT molecular complexity index is 942. The molecule has 2 N–H and O–H groups in total. The molecular formula is C23H21FN2O3. The van der Waals surface area contributed by atoms with Gasteiger partial charge < -0.3 is 15.4 Å². The van der Waals surface area contributed by atoms with Crippen molar-refractivity contribution in [2.24, 2.45) is 0 Å². The predicted octanol–water partition coefficient (Wildman–Crippen LogP) is 4.05. The molecule has 0 unspecified atom stereocenters. The third-order valence-corrected chi connectivity index (χ3v) is 4.11. The first-order valence-corrected chi connectivity index (χ1v) is 9.16. The van der Waals surface area contributed by atoms with Crippen LogP contribution in [0.25, 0.3) is 0 Å². The number of carbonyl (C=O) groups excluding carboxylic acids is 2. The summed E-state index contributed by atoms with van der Waals surface area (Å²) in [7, 11) is 0. The van der Waals surface area contributed by atoms with Gasteiger partial charge in [-0.15, -0.1) is 0 Å². The molecule has 0 aromatic heterocycles. The molecule has 6 heteroatoms. The average molecular weight is 392 g/mol. The van der Waals surface area contributed by atoms with Gasteiger partial charge in [0.2, 0.25) is 11.8 Å². The highest BCUT2D eigenvalue weighted by molar-refractivity contribution is 6.03. The number of nitrogens with one attached hydrogen (secondary N) is 2.